The van der Waals surface area contributed by atoms with Gasteiger partial charge in [0.2, 0.25) is 0 Å². The van der Waals surface area contributed by atoms with Crippen LogP contribution in [0.5, 0.6) is 0 Å². The number of β-amino-alcohol motifs (C(OH)–C–C–N with tert-alkyl or cyclic N) is 1. The number of ether oxygens (including phenoxy) is 1. The van der Waals surface area contributed by atoms with Crippen LogP contribution in [0.15, 0.2) is 11.6 Å². The highest BCUT2D eigenvalue weighted by molar-refractivity contribution is 5.85. The number of carbonyl (C=O) groups is 2. The zero-order chi connectivity index (χ0) is 16.4. The summed E-state index contributed by atoms with van der Waals surface area (Å²) in [5, 5.41) is 19.5. The molecule has 0 unspecified atom stereocenters. The number of aliphatic hydroxyl groups excluding tert-OH is 1. The van der Waals surface area contributed by atoms with Gasteiger partial charge in [0.15, 0.2) is 0 Å². The molecule has 0 aromatic rings. The normalized spacial score (nSPS) is 25.6. The summed E-state index contributed by atoms with van der Waals surface area (Å²) in [5.41, 5.74) is -1.20. The Kier molecular flexibility index (Phi) is 5.04. The smallest absolute Gasteiger partial charge is 0.411 e. The largest absolute Gasteiger partial charge is 0.479 e. The minimum atomic E-state index is -1.45. The number of aliphatic hydroxyl groups is 1. The van der Waals surface area contributed by atoms with Crippen LogP contribution in [0, 0.1) is 0 Å². The van der Waals surface area contributed by atoms with Crippen LogP contribution in [0.2, 0.25) is 0 Å². The monoisotopic (exact) mass is 299 g/mol. The first kappa shape index (κ1) is 17.5. The Balaban J connectivity index is 3.10. The second-order valence-corrected chi connectivity index (χ2v) is 6.77. The van der Waals surface area contributed by atoms with Gasteiger partial charge in [-0.15, -0.1) is 0 Å². The van der Waals surface area contributed by atoms with Gasteiger partial charge in [-0.1, -0.05) is 11.6 Å². The molecule has 2 atom stereocenters. The first-order valence-corrected chi connectivity index (χ1v) is 7.03. The predicted molar refractivity (Wildman–Crippen MR) is 78.0 cm³/mol. The predicted octanol–water partition coefficient (Wildman–Crippen LogP) is 2.17. The number of likely N-dealkylation sites (tertiary alicyclic amines) is 1. The van der Waals surface area contributed by atoms with Crippen molar-refractivity contribution >= 4 is 12.1 Å². The third-order valence-corrected chi connectivity index (χ3v) is 3.34. The molecule has 1 amide bonds. The number of hydrogen-bond donors (Lipinski definition) is 2. The second kappa shape index (κ2) is 6.05. The third-order valence-electron chi connectivity index (χ3n) is 3.34. The van der Waals surface area contributed by atoms with E-state index in [1.807, 2.05) is 13.8 Å². The molecular weight excluding hydrogens is 274 g/mol. The number of carboxylic acids is 1. The molecule has 120 valence electrons. The molecule has 1 fully saturated rings. The molecule has 0 bridgehead atoms. The minimum absolute atomic E-state index is 0.00531. The van der Waals surface area contributed by atoms with E-state index in [1.54, 1.807) is 26.8 Å². The number of amides is 1. The number of hydrogen-bond acceptors (Lipinski definition) is 4. The molecule has 0 aromatic carbocycles. The van der Waals surface area contributed by atoms with Crippen LogP contribution in [0.1, 0.15) is 47.5 Å². The second-order valence-electron chi connectivity index (χ2n) is 6.77. The van der Waals surface area contributed by atoms with Crippen LogP contribution in [-0.4, -0.2) is 51.0 Å². The lowest BCUT2D eigenvalue weighted by Gasteiger charge is -2.35. The standard InChI is InChI=1S/C15H25NO5/c1-10(2)6-7-15(12(18)19)8-11(17)9-16(15)13(20)21-14(3,4)5/h6,11,17H,7-9H2,1-5H3,(H,18,19)/t11-,15-/m1/s1. The lowest BCUT2D eigenvalue weighted by atomic mass is 9.90. The summed E-state index contributed by atoms with van der Waals surface area (Å²) in [5.74, 6) is -1.12. The van der Waals surface area contributed by atoms with Gasteiger partial charge in [0.1, 0.15) is 11.1 Å². The summed E-state index contributed by atoms with van der Waals surface area (Å²) in [4.78, 5) is 25.2. The Bertz CT molecular complexity index is 447. The van der Waals surface area contributed by atoms with Crippen LogP contribution in [0.3, 0.4) is 0 Å². The first-order chi connectivity index (χ1) is 9.48. The van der Waals surface area contributed by atoms with Gasteiger partial charge in [0, 0.05) is 6.42 Å². The highest BCUT2D eigenvalue weighted by Gasteiger charge is 2.53. The first-order valence-electron chi connectivity index (χ1n) is 7.03. The van der Waals surface area contributed by atoms with Crippen molar-refractivity contribution in [2.75, 3.05) is 6.54 Å². The fraction of sp³-hybridized carbons (Fsp3) is 0.733. The van der Waals surface area contributed by atoms with Crippen LogP contribution >= 0.6 is 0 Å². The Morgan fingerprint density at radius 1 is 1.38 bits per heavy atom. The van der Waals surface area contributed by atoms with E-state index in [2.05, 4.69) is 0 Å². The molecule has 0 spiro atoms. The molecular formula is C15H25NO5. The van der Waals surface area contributed by atoms with Gasteiger partial charge in [-0.05, 0) is 41.0 Å². The Hall–Kier alpha value is -1.56. The van der Waals surface area contributed by atoms with Gasteiger partial charge in [0.25, 0.3) is 0 Å². The van der Waals surface area contributed by atoms with Crippen molar-refractivity contribution in [3.8, 4) is 0 Å². The van der Waals surface area contributed by atoms with Gasteiger partial charge >= 0.3 is 12.1 Å². The molecule has 1 rings (SSSR count). The fourth-order valence-corrected chi connectivity index (χ4v) is 2.37. The topological polar surface area (TPSA) is 87.1 Å². The van der Waals surface area contributed by atoms with Crippen molar-refractivity contribution in [1.82, 2.24) is 4.90 Å². The number of nitrogens with zero attached hydrogens (tertiary/aromatic N) is 1. The molecule has 1 saturated heterocycles. The van der Waals surface area contributed by atoms with Crippen molar-refractivity contribution in [2.24, 2.45) is 0 Å². The highest BCUT2D eigenvalue weighted by Crippen LogP contribution is 2.35. The Morgan fingerprint density at radius 3 is 2.38 bits per heavy atom. The molecule has 6 nitrogen and oxygen atoms in total. The molecule has 0 aromatic heterocycles. The van der Waals surface area contributed by atoms with E-state index in [-0.39, 0.29) is 19.4 Å². The quantitative estimate of drug-likeness (QED) is 0.780. The Labute approximate surface area is 125 Å². The van der Waals surface area contributed by atoms with E-state index in [4.69, 9.17) is 4.74 Å². The molecule has 1 aliphatic rings. The van der Waals surface area contributed by atoms with Gasteiger partial charge in [-0.3, -0.25) is 4.90 Å². The van der Waals surface area contributed by atoms with Crippen LogP contribution in [0.4, 0.5) is 4.79 Å². The summed E-state index contributed by atoms with van der Waals surface area (Å²) in [6.45, 7) is 8.84. The number of carbonyl (C=O) groups excluding carboxylic acids is 1. The molecule has 2 N–H and O–H groups in total. The molecule has 0 saturated carbocycles. The van der Waals surface area contributed by atoms with Gasteiger partial charge < -0.3 is 14.9 Å². The minimum Gasteiger partial charge on any atom is -0.479 e. The highest BCUT2D eigenvalue weighted by atomic mass is 16.6. The molecule has 6 heteroatoms. The maximum Gasteiger partial charge on any atom is 0.411 e. The van der Waals surface area contributed by atoms with Crippen LogP contribution in [0.25, 0.3) is 0 Å². The van der Waals surface area contributed by atoms with Crippen LogP contribution in [-0.2, 0) is 9.53 Å². The summed E-state index contributed by atoms with van der Waals surface area (Å²) in [6, 6.07) is 0. The SMILES string of the molecule is CC(C)=CC[C@]1(C(=O)O)C[C@@H](O)CN1C(=O)OC(C)(C)C. The summed E-state index contributed by atoms with van der Waals surface area (Å²) < 4.78 is 5.27. The fourth-order valence-electron chi connectivity index (χ4n) is 2.37. The molecule has 0 radical (unpaired) electrons. The number of carboxylic acid groups (broad SMARTS) is 1. The van der Waals surface area contributed by atoms with E-state index in [0.717, 1.165) is 10.5 Å². The van der Waals surface area contributed by atoms with E-state index in [0.29, 0.717) is 0 Å². The maximum absolute atomic E-state index is 12.3. The van der Waals surface area contributed by atoms with E-state index < -0.39 is 29.3 Å². The van der Waals surface area contributed by atoms with Crippen molar-refractivity contribution < 1.29 is 24.5 Å². The lowest BCUT2D eigenvalue weighted by molar-refractivity contribution is -0.149. The summed E-state index contributed by atoms with van der Waals surface area (Å²) in [6.07, 6.45) is 0.360. The van der Waals surface area contributed by atoms with Gasteiger partial charge in [-0.25, -0.2) is 9.59 Å². The molecule has 21 heavy (non-hydrogen) atoms. The lowest BCUT2D eigenvalue weighted by Crippen LogP contribution is -2.54. The van der Waals surface area contributed by atoms with E-state index in [9.17, 15) is 19.8 Å². The average molecular weight is 299 g/mol. The van der Waals surface area contributed by atoms with Gasteiger partial charge in [-0.2, -0.15) is 0 Å². The maximum atomic E-state index is 12.3. The number of rotatable bonds is 3. The Morgan fingerprint density at radius 2 is 1.95 bits per heavy atom. The zero-order valence-electron chi connectivity index (χ0n) is 13.3. The number of allylic oxidation sites excluding steroid dienone is 1. The van der Waals surface area contributed by atoms with Crippen molar-refractivity contribution in [1.29, 1.82) is 0 Å². The summed E-state index contributed by atoms with van der Waals surface area (Å²) >= 11 is 0. The zero-order valence-corrected chi connectivity index (χ0v) is 13.3. The summed E-state index contributed by atoms with van der Waals surface area (Å²) in [7, 11) is 0. The van der Waals surface area contributed by atoms with Crippen LogP contribution < -0.4 is 0 Å². The average Bonchev–Trinajstić information content (AvgIpc) is 2.63. The molecule has 0 aliphatic carbocycles. The van der Waals surface area contributed by atoms with Crippen molar-refractivity contribution in [3.63, 3.8) is 0 Å². The number of aliphatic carboxylic acids is 1. The van der Waals surface area contributed by atoms with E-state index in [1.165, 1.54) is 0 Å². The molecule has 1 aliphatic heterocycles. The molecule has 1 heterocycles. The van der Waals surface area contributed by atoms with Crippen molar-refractivity contribution in [3.05, 3.63) is 11.6 Å². The van der Waals surface area contributed by atoms with Crippen molar-refractivity contribution in [2.45, 2.75) is 64.7 Å². The van der Waals surface area contributed by atoms with E-state index >= 15 is 0 Å². The van der Waals surface area contributed by atoms with Gasteiger partial charge in [0.05, 0.1) is 12.6 Å². The third kappa shape index (κ3) is 4.20.